The van der Waals surface area contributed by atoms with Crippen LogP contribution in [0, 0.1) is 0 Å². The van der Waals surface area contributed by atoms with E-state index in [4.69, 9.17) is 4.74 Å². The zero-order chi connectivity index (χ0) is 18.0. The second kappa shape index (κ2) is 7.01. The van der Waals surface area contributed by atoms with E-state index in [-0.39, 0.29) is 4.90 Å². The number of sulfonamides is 1. The fourth-order valence-electron chi connectivity index (χ4n) is 2.76. The predicted molar refractivity (Wildman–Crippen MR) is 101 cm³/mol. The average Bonchev–Trinajstić information content (AvgIpc) is 2.98. The van der Waals surface area contributed by atoms with Gasteiger partial charge in [0.05, 0.1) is 22.2 Å². The molecule has 0 saturated heterocycles. The molecular formula is C18H20N2O3S2. The molecule has 0 spiro atoms. The number of benzene rings is 2. The maximum absolute atomic E-state index is 12.7. The number of ether oxygens (including phenoxy) is 1. The summed E-state index contributed by atoms with van der Waals surface area (Å²) >= 11 is 1.40. The maximum Gasteiger partial charge on any atom is 0.285 e. The minimum atomic E-state index is -3.78. The molecule has 0 aliphatic carbocycles. The van der Waals surface area contributed by atoms with Crippen molar-refractivity contribution in [2.24, 2.45) is 4.40 Å². The third-order valence-electron chi connectivity index (χ3n) is 4.04. The number of rotatable bonds is 5. The third-order valence-corrected chi connectivity index (χ3v) is 6.48. The summed E-state index contributed by atoms with van der Waals surface area (Å²) in [5.41, 5.74) is 2.26. The van der Waals surface area contributed by atoms with Crippen molar-refractivity contribution in [3.8, 4) is 5.75 Å². The summed E-state index contributed by atoms with van der Waals surface area (Å²) in [5.74, 6) is 0.608. The van der Waals surface area contributed by atoms with Gasteiger partial charge in [0, 0.05) is 6.54 Å². The number of hydrogen-bond donors (Lipinski definition) is 0. The molecule has 0 bridgehead atoms. The number of hydrogen-bond acceptors (Lipinski definition) is 4. The zero-order valence-corrected chi connectivity index (χ0v) is 16.0. The first-order valence-electron chi connectivity index (χ1n) is 8.06. The molecule has 0 amide bonds. The number of nitrogens with zero attached hydrogens (tertiary/aromatic N) is 2. The molecule has 0 aliphatic rings. The van der Waals surface area contributed by atoms with Crippen molar-refractivity contribution in [2.75, 3.05) is 7.11 Å². The van der Waals surface area contributed by atoms with Gasteiger partial charge in [0.2, 0.25) is 4.80 Å². The summed E-state index contributed by atoms with van der Waals surface area (Å²) in [7, 11) is -2.24. The summed E-state index contributed by atoms with van der Waals surface area (Å²) in [6, 6.07) is 12.3. The number of aromatic nitrogens is 1. The highest BCUT2D eigenvalue weighted by molar-refractivity contribution is 7.90. The first kappa shape index (κ1) is 17.7. The van der Waals surface area contributed by atoms with E-state index in [9.17, 15) is 8.42 Å². The molecule has 0 fully saturated rings. The van der Waals surface area contributed by atoms with Crippen LogP contribution < -0.4 is 9.54 Å². The van der Waals surface area contributed by atoms with Crippen LogP contribution in [-0.4, -0.2) is 20.1 Å². The summed E-state index contributed by atoms with van der Waals surface area (Å²) in [6.07, 6.45) is 0.888. The molecule has 3 aromatic rings. The Bertz CT molecular complexity index is 1060. The normalized spacial score (nSPS) is 12.7. The van der Waals surface area contributed by atoms with E-state index < -0.39 is 10.0 Å². The standard InChI is InChI=1S/C18H20N2O3S2/c1-4-13-7-6-8-16-17(13)20(5-2)18(24-16)19-25(21,22)15-11-9-14(23-3)10-12-15/h6-12H,4-5H2,1-3H3. The minimum absolute atomic E-state index is 0.157. The van der Waals surface area contributed by atoms with Crippen LogP contribution in [0.1, 0.15) is 19.4 Å². The van der Waals surface area contributed by atoms with E-state index in [0.29, 0.717) is 17.1 Å². The van der Waals surface area contributed by atoms with Crippen LogP contribution in [0.4, 0.5) is 0 Å². The molecule has 25 heavy (non-hydrogen) atoms. The van der Waals surface area contributed by atoms with Crippen LogP contribution in [0.15, 0.2) is 51.8 Å². The quantitative estimate of drug-likeness (QED) is 0.684. The molecule has 0 aliphatic heterocycles. The van der Waals surface area contributed by atoms with Crippen LogP contribution in [0.25, 0.3) is 10.2 Å². The lowest BCUT2D eigenvalue weighted by molar-refractivity contribution is 0.414. The average molecular weight is 377 g/mol. The van der Waals surface area contributed by atoms with Crippen LogP contribution in [0.2, 0.25) is 0 Å². The third kappa shape index (κ3) is 3.34. The van der Waals surface area contributed by atoms with Crippen molar-refractivity contribution >= 4 is 31.6 Å². The maximum atomic E-state index is 12.7. The van der Waals surface area contributed by atoms with E-state index in [1.54, 1.807) is 19.2 Å². The van der Waals surface area contributed by atoms with E-state index in [1.165, 1.54) is 29.0 Å². The van der Waals surface area contributed by atoms with Crippen LogP contribution >= 0.6 is 11.3 Å². The fourth-order valence-corrected chi connectivity index (χ4v) is 5.10. The highest BCUT2D eigenvalue weighted by Crippen LogP contribution is 2.23. The lowest BCUT2D eigenvalue weighted by Gasteiger charge is -2.05. The molecule has 0 atom stereocenters. The fraction of sp³-hybridized carbons (Fsp3) is 0.278. The molecule has 0 unspecified atom stereocenters. The smallest absolute Gasteiger partial charge is 0.285 e. The lowest BCUT2D eigenvalue weighted by atomic mass is 10.1. The van der Waals surface area contributed by atoms with Crippen molar-refractivity contribution in [1.82, 2.24) is 4.57 Å². The van der Waals surface area contributed by atoms with Crippen molar-refractivity contribution in [3.05, 3.63) is 52.8 Å². The van der Waals surface area contributed by atoms with Gasteiger partial charge in [-0.25, -0.2) is 0 Å². The van der Waals surface area contributed by atoms with Gasteiger partial charge in [0.25, 0.3) is 10.0 Å². The van der Waals surface area contributed by atoms with Gasteiger partial charge in [0.1, 0.15) is 5.75 Å². The topological polar surface area (TPSA) is 60.7 Å². The molecule has 3 rings (SSSR count). The van der Waals surface area contributed by atoms with Crippen LogP contribution in [0.5, 0.6) is 5.75 Å². The van der Waals surface area contributed by atoms with Gasteiger partial charge < -0.3 is 9.30 Å². The minimum Gasteiger partial charge on any atom is -0.497 e. The lowest BCUT2D eigenvalue weighted by Crippen LogP contribution is -2.16. The Hall–Kier alpha value is -2.12. The SMILES string of the molecule is CCc1cccc2sc(=NS(=O)(=O)c3ccc(OC)cc3)n(CC)c12. The second-order valence-electron chi connectivity index (χ2n) is 5.49. The highest BCUT2D eigenvalue weighted by Gasteiger charge is 2.15. The number of methoxy groups -OCH3 is 1. The molecule has 2 aromatic carbocycles. The summed E-state index contributed by atoms with van der Waals surface area (Å²) in [6.45, 7) is 4.75. The number of thiazole rings is 1. The largest absolute Gasteiger partial charge is 0.497 e. The predicted octanol–water partition coefficient (Wildman–Crippen LogP) is 3.58. The Kier molecular flexibility index (Phi) is 4.96. The first-order valence-corrected chi connectivity index (χ1v) is 10.3. The van der Waals surface area contributed by atoms with Crippen LogP contribution in [-0.2, 0) is 23.0 Å². The number of aryl methyl sites for hydroxylation is 2. The Labute approximate surface area is 151 Å². The van der Waals surface area contributed by atoms with Gasteiger partial charge in [-0.05, 0) is 49.2 Å². The van der Waals surface area contributed by atoms with Crippen molar-refractivity contribution in [2.45, 2.75) is 31.7 Å². The second-order valence-corrected chi connectivity index (χ2v) is 8.10. The van der Waals surface area contributed by atoms with Crippen LogP contribution in [0.3, 0.4) is 0 Å². The van der Waals surface area contributed by atoms with Gasteiger partial charge in [0.15, 0.2) is 0 Å². The number of fused-ring (bicyclic) bond motifs is 1. The summed E-state index contributed by atoms with van der Waals surface area (Å²) < 4.78 is 37.6. The van der Waals surface area contributed by atoms with E-state index >= 15 is 0 Å². The van der Waals surface area contributed by atoms with Gasteiger partial charge in [-0.15, -0.1) is 4.40 Å². The van der Waals surface area contributed by atoms with Crippen molar-refractivity contribution < 1.29 is 13.2 Å². The van der Waals surface area contributed by atoms with Crippen molar-refractivity contribution in [3.63, 3.8) is 0 Å². The molecule has 132 valence electrons. The first-order chi connectivity index (χ1) is 12.0. The van der Waals surface area contributed by atoms with E-state index in [0.717, 1.165) is 16.6 Å². The summed E-state index contributed by atoms with van der Waals surface area (Å²) in [4.78, 5) is 0.651. The summed E-state index contributed by atoms with van der Waals surface area (Å²) in [5, 5.41) is 0. The molecule has 1 aromatic heterocycles. The Morgan fingerprint density at radius 2 is 1.84 bits per heavy atom. The van der Waals surface area contributed by atoms with Gasteiger partial charge in [-0.3, -0.25) is 0 Å². The van der Waals surface area contributed by atoms with Gasteiger partial charge in [-0.2, -0.15) is 8.42 Å². The highest BCUT2D eigenvalue weighted by atomic mass is 32.2. The van der Waals surface area contributed by atoms with E-state index in [2.05, 4.69) is 17.4 Å². The molecule has 0 saturated carbocycles. The molecule has 0 radical (unpaired) electrons. The Morgan fingerprint density at radius 3 is 2.44 bits per heavy atom. The molecule has 7 heteroatoms. The molecule has 5 nitrogen and oxygen atoms in total. The molecule has 0 N–H and O–H groups in total. The zero-order valence-electron chi connectivity index (χ0n) is 14.4. The monoisotopic (exact) mass is 376 g/mol. The Morgan fingerprint density at radius 1 is 1.12 bits per heavy atom. The van der Waals surface area contributed by atoms with Gasteiger partial charge >= 0.3 is 0 Å². The number of para-hydroxylation sites is 1. The molecule has 1 heterocycles. The Balaban J connectivity index is 2.20. The molecular weight excluding hydrogens is 356 g/mol. The van der Waals surface area contributed by atoms with Gasteiger partial charge in [-0.1, -0.05) is 30.4 Å². The van der Waals surface area contributed by atoms with Crippen molar-refractivity contribution in [1.29, 1.82) is 0 Å². The van der Waals surface area contributed by atoms with E-state index in [1.807, 2.05) is 23.6 Å².